The van der Waals surface area contributed by atoms with E-state index in [-0.39, 0.29) is 12.4 Å². The number of thiophene rings is 1. The van der Waals surface area contributed by atoms with Gasteiger partial charge in [0.1, 0.15) is 0 Å². The van der Waals surface area contributed by atoms with Gasteiger partial charge in [-0.25, -0.2) is 0 Å². The number of rotatable bonds is 4. The number of hydrogen-bond acceptors (Lipinski definition) is 3. The normalized spacial score (nSPS) is 25.1. The van der Waals surface area contributed by atoms with Gasteiger partial charge in [0, 0.05) is 22.7 Å². The van der Waals surface area contributed by atoms with Gasteiger partial charge in [0.2, 0.25) is 5.91 Å². The number of carbonyl (C=O) groups is 1. The van der Waals surface area contributed by atoms with E-state index in [1.165, 1.54) is 16.2 Å². The summed E-state index contributed by atoms with van der Waals surface area (Å²) in [5.74, 6) is 1.08. The Kier molecular flexibility index (Phi) is 6.08. The van der Waals surface area contributed by atoms with Crippen LogP contribution in [0.5, 0.6) is 0 Å². The summed E-state index contributed by atoms with van der Waals surface area (Å²) in [5, 5.41) is 3.38. The summed E-state index contributed by atoms with van der Waals surface area (Å²) >= 11 is 1.85. The van der Waals surface area contributed by atoms with Gasteiger partial charge in [0.05, 0.1) is 6.04 Å². The summed E-state index contributed by atoms with van der Waals surface area (Å²) < 4.78 is 0. The maximum Gasteiger partial charge on any atom is 0.223 e. The Hall–Kier alpha value is -0.580. The molecule has 21 heavy (non-hydrogen) atoms. The van der Waals surface area contributed by atoms with Crippen molar-refractivity contribution in [3.63, 3.8) is 0 Å². The molecule has 1 amide bonds. The molecule has 0 spiro atoms. The van der Waals surface area contributed by atoms with Crippen LogP contribution in [-0.2, 0) is 4.79 Å². The van der Waals surface area contributed by atoms with Gasteiger partial charge in [-0.2, -0.15) is 0 Å². The van der Waals surface area contributed by atoms with Gasteiger partial charge in [-0.3, -0.25) is 4.79 Å². The smallest absolute Gasteiger partial charge is 0.223 e. The molecule has 2 aliphatic rings. The highest BCUT2D eigenvalue weighted by atomic mass is 35.5. The second-order valence-corrected chi connectivity index (χ2v) is 7.41. The predicted molar refractivity (Wildman–Crippen MR) is 90.2 cm³/mol. The van der Waals surface area contributed by atoms with Crippen molar-refractivity contribution in [2.24, 2.45) is 5.92 Å². The molecule has 0 aliphatic carbocycles. The lowest BCUT2D eigenvalue weighted by atomic mass is 10.0. The molecule has 3 rings (SSSR count). The molecule has 0 bridgehead atoms. The number of amides is 1. The van der Waals surface area contributed by atoms with Crippen molar-refractivity contribution >= 4 is 29.7 Å². The summed E-state index contributed by atoms with van der Waals surface area (Å²) in [7, 11) is 0. The Bertz CT molecular complexity index is 471. The van der Waals surface area contributed by atoms with E-state index >= 15 is 0 Å². The number of aryl methyl sites for hydroxylation is 1. The van der Waals surface area contributed by atoms with Crippen molar-refractivity contribution in [3.8, 4) is 0 Å². The van der Waals surface area contributed by atoms with Gasteiger partial charge in [0.25, 0.3) is 0 Å². The molecule has 3 heterocycles. The Morgan fingerprint density at radius 3 is 2.95 bits per heavy atom. The minimum atomic E-state index is 0. The van der Waals surface area contributed by atoms with Gasteiger partial charge in [0.15, 0.2) is 0 Å². The standard InChI is InChI=1S/C16H24N2OS.ClH/c1-12-4-6-15(20-12)14-3-2-10-18(14)16(19)7-5-13-8-9-17-11-13;/h4,6,13-14,17H,2-3,5,7-11H2,1H3;1H. The average molecular weight is 329 g/mol. The van der Waals surface area contributed by atoms with Crippen LogP contribution in [0.25, 0.3) is 0 Å². The molecule has 2 fully saturated rings. The van der Waals surface area contributed by atoms with Gasteiger partial charge >= 0.3 is 0 Å². The first kappa shape index (κ1) is 16.8. The summed E-state index contributed by atoms with van der Waals surface area (Å²) in [6, 6.07) is 4.73. The fourth-order valence-corrected chi connectivity index (χ4v) is 4.45. The van der Waals surface area contributed by atoms with Crippen LogP contribution in [-0.4, -0.2) is 30.4 Å². The van der Waals surface area contributed by atoms with Crippen LogP contribution in [0.4, 0.5) is 0 Å². The van der Waals surface area contributed by atoms with E-state index in [1.54, 1.807) is 0 Å². The van der Waals surface area contributed by atoms with E-state index < -0.39 is 0 Å². The van der Waals surface area contributed by atoms with E-state index in [4.69, 9.17) is 0 Å². The van der Waals surface area contributed by atoms with Crippen molar-refractivity contribution in [1.29, 1.82) is 0 Å². The number of carbonyl (C=O) groups excluding carboxylic acids is 1. The largest absolute Gasteiger partial charge is 0.335 e. The molecule has 1 aromatic heterocycles. The monoisotopic (exact) mass is 328 g/mol. The molecule has 0 saturated carbocycles. The minimum absolute atomic E-state index is 0. The lowest BCUT2D eigenvalue weighted by Crippen LogP contribution is -2.30. The summed E-state index contributed by atoms with van der Waals surface area (Å²) in [6.07, 6.45) is 5.31. The summed E-state index contributed by atoms with van der Waals surface area (Å²) in [6.45, 7) is 5.31. The number of hydrogen-bond donors (Lipinski definition) is 1. The van der Waals surface area contributed by atoms with Crippen LogP contribution in [0.15, 0.2) is 12.1 Å². The molecule has 5 heteroatoms. The number of nitrogens with one attached hydrogen (secondary N) is 1. The van der Waals surface area contributed by atoms with Crippen molar-refractivity contribution in [2.75, 3.05) is 19.6 Å². The van der Waals surface area contributed by atoms with E-state index in [9.17, 15) is 4.79 Å². The van der Waals surface area contributed by atoms with Crippen LogP contribution in [0.2, 0.25) is 0 Å². The third kappa shape index (κ3) is 3.99. The third-order valence-corrected chi connectivity index (χ3v) is 5.69. The molecular weight excluding hydrogens is 304 g/mol. The molecule has 2 saturated heterocycles. The van der Waals surface area contributed by atoms with Crippen molar-refractivity contribution < 1.29 is 4.79 Å². The van der Waals surface area contributed by atoms with Crippen LogP contribution in [0.3, 0.4) is 0 Å². The molecule has 2 aliphatic heterocycles. The fraction of sp³-hybridized carbons (Fsp3) is 0.688. The topological polar surface area (TPSA) is 32.3 Å². The molecule has 2 unspecified atom stereocenters. The van der Waals surface area contributed by atoms with Gasteiger partial charge in [-0.05, 0) is 63.7 Å². The first-order chi connectivity index (χ1) is 9.74. The molecule has 1 aromatic rings. The van der Waals surface area contributed by atoms with Crippen molar-refractivity contribution in [3.05, 3.63) is 21.9 Å². The highest BCUT2D eigenvalue weighted by Gasteiger charge is 2.30. The number of nitrogens with zero attached hydrogens (tertiary/aromatic N) is 1. The predicted octanol–water partition coefficient (Wildman–Crippen LogP) is 3.53. The zero-order chi connectivity index (χ0) is 13.9. The summed E-state index contributed by atoms with van der Waals surface area (Å²) in [4.78, 5) is 17.4. The number of halogens is 1. The number of likely N-dealkylation sites (tertiary alicyclic amines) is 1. The van der Waals surface area contributed by atoms with E-state index in [2.05, 4.69) is 29.3 Å². The Labute approximate surface area is 137 Å². The van der Waals surface area contributed by atoms with E-state index in [0.29, 0.717) is 17.9 Å². The first-order valence-electron chi connectivity index (χ1n) is 7.80. The molecule has 0 aromatic carbocycles. The Balaban J connectivity index is 0.00000161. The maximum absolute atomic E-state index is 12.5. The van der Waals surface area contributed by atoms with Crippen LogP contribution in [0.1, 0.15) is 47.9 Å². The second kappa shape index (κ2) is 7.61. The average Bonchev–Trinajstić information content (AvgIpc) is 3.16. The van der Waals surface area contributed by atoms with Gasteiger partial charge in [-0.15, -0.1) is 23.7 Å². The lowest BCUT2D eigenvalue weighted by Gasteiger charge is -2.24. The fourth-order valence-electron chi connectivity index (χ4n) is 3.43. The quantitative estimate of drug-likeness (QED) is 0.917. The maximum atomic E-state index is 12.5. The van der Waals surface area contributed by atoms with Gasteiger partial charge in [-0.1, -0.05) is 0 Å². The Morgan fingerprint density at radius 2 is 2.29 bits per heavy atom. The van der Waals surface area contributed by atoms with Crippen LogP contribution >= 0.6 is 23.7 Å². The van der Waals surface area contributed by atoms with Crippen molar-refractivity contribution in [1.82, 2.24) is 10.2 Å². The highest BCUT2D eigenvalue weighted by molar-refractivity contribution is 7.12. The molecule has 3 nitrogen and oxygen atoms in total. The van der Waals surface area contributed by atoms with Gasteiger partial charge < -0.3 is 10.2 Å². The van der Waals surface area contributed by atoms with Crippen LogP contribution < -0.4 is 5.32 Å². The zero-order valence-electron chi connectivity index (χ0n) is 12.6. The molecule has 0 radical (unpaired) electrons. The third-order valence-electron chi connectivity index (χ3n) is 4.59. The molecule has 1 N–H and O–H groups in total. The Morgan fingerprint density at radius 1 is 1.43 bits per heavy atom. The SMILES string of the molecule is Cc1ccc(C2CCCN2C(=O)CCC2CCNC2)s1.Cl. The van der Waals surface area contributed by atoms with E-state index in [0.717, 1.165) is 45.3 Å². The lowest BCUT2D eigenvalue weighted by molar-refractivity contribution is -0.132. The molecule has 118 valence electrons. The van der Waals surface area contributed by atoms with Crippen LogP contribution in [0, 0.1) is 12.8 Å². The first-order valence-corrected chi connectivity index (χ1v) is 8.62. The second-order valence-electron chi connectivity index (χ2n) is 6.09. The molecular formula is C16H25ClN2OS. The zero-order valence-corrected chi connectivity index (χ0v) is 14.3. The highest BCUT2D eigenvalue weighted by Crippen LogP contribution is 2.36. The van der Waals surface area contributed by atoms with E-state index in [1.807, 2.05) is 11.3 Å². The summed E-state index contributed by atoms with van der Waals surface area (Å²) in [5.41, 5.74) is 0. The van der Waals surface area contributed by atoms with Crippen molar-refractivity contribution in [2.45, 2.75) is 45.1 Å². The minimum Gasteiger partial charge on any atom is -0.335 e. The molecule has 2 atom stereocenters.